The Labute approximate surface area is 194 Å². The van der Waals surface area contributed by atoms with E-state index in [0.717, 1.165) is 35.9 Å². The summed E-state index contributed by atoms with van der Waals surface area (Å²) in [4.78, 5) is 13.0. The van der Waals surface area contributed by atoms with Gasteiger partial charge in [-0.25, -0.2) is 12.4 Å². The molecule has 5 unspecified atom stereocenters. The minimum atomic E-state index is -3.70. The monoisotopic (exact) mass is 460 g/mol. The highest BCUT2D eigenvalue weighted by Crippen LogP contribution is 2.68. The molecule has 4 saturated carbocycles. The van der Waals surface area contributed by atoms with E-state index in [1.54, 1.807) is 0 Å². The molecule has 2 heterocycles. The van der Waals surface area contributed by atoms with Crippen LogP contribution in [0.15, 0.2) is 54.7 Å². The first-order valence-electron chi connectivity index (χ1n) is 12.0. The summed E-state index contributed by atoms with van der Waals surface area (Å²) in [7, 11) is -3.70. The number of Topliss-reactive ketones (excluding diaryl/α,β-unsaturated/α-hetero) is 1. The zero-order chi connectivity index (χ0) is 22.8. The zero-order valence-electron chi connectivity index (χ0n) is 18.9. The number of carbonyl (C=O) groups excluding carboxylic acids is 1. The summed E-state index contributed by atoms with van der Waals surface area (Å²) in [5.74, 6) is 0.941. The molecule has 1 aromatic heterocycles. The fraction of sp³-hybridized carbons (Fsp3) is 0.444. The van der Waals surface area contributed by atoms with Crippen LogP contribution in [0.4, 0.5) is 5.69 Å². The predicted octanol–water partition coefficient (Wildman–Crippen LogP) is 4.88. The third-order valence-electron chi connectivity index (χ3n) is 9.33. The van der Waals surface area contributed by atoms with Crippen LogP contribution < -0.4 is 5.32 Å². The Bertz CT molecular complexity index is 1450. The van der Waals surface area contributed by atoms with Crippen molar-refractivity contribution in [3.05, 3.63) is 65.9 Å². The average Bonchev–Trinajstić information content (AvgIpc) is 3.58. The summed E-state index contributed by atoms with van der Waals surface area (Å²) in [6, 6.07) is 16.0. The molecular formula is C27H28N2O3S. The fourth-order valence-corrected chi connectivity index (χ4v) is 9.85. The van der Waals surface area contributed by atoms with Crippen molar-refractivity contribution in [2.75, 3.05) is 11.1 Å². The Balaban J connectivity index is 1.34. The molecule has 4 bridgehead atoms. The van der Waals surface area contributed by atoms with Crippen LogP contribution in [0.1, 0.15) is 50.3 Å². The van der Waals surface area contributed by atoms with E-state index in [1.165, 1.54) is 9.54 Å². The number of hydrogen-bond donors (Lipinski definition) is 1. The largest absolute Gasteiger partial charge is 0.377 e. The van der Waals surface area contributed by atoms with Crippen molar-refractivity contribution in [1.82, 2.24) is 3.97 Å². The van der Waals surface area contributed by atoms with Crippen LogP contribution in [0, 0.1) is 23.2 Å². The van der Waals surface area contributed by atoms with Crippen LogP contribution >= 0.6 is 0 Å². The summed E-state index contributed by atoms with van der Waals surface area (Å²) in [5.41, 5.74) is 3.17. The second-order valence-corrected chi connectivity index (χ2v) is 13.1. The van der Waals surface area contributed by atoms with Crippen molar-refractivity contribution < 1.29 is 13.2 Å². The standard InChI is InChI=1S/C27H28N2O3S/c1-26(2)21-8-4-5-9-22(21)28-24(26)20-14-29(23-10-6-3-7-18(20)23)33(31,32)15-27-13-16-11-17(27)12-19(16)25(27)30/h3-10,14,16-17,19,24,28H,11-13,15H2,1-2H3. The van der Waals surface area contributed by atoms with Crippen LogP contribution in [0.3, 0.4) is 0 Å². The molecule has 1 N–H and O–H groups in total. The lowest BCUT2D eigenvalue weighted by Crippen LogP contribution is -2.37. The molecule has 3 aromatic rings. The van der Waals surface area contributed by atoms with Gasteiger partial charge in [-0.1, -0.05) is 50.2 Å². The van der Waals surface area contributed by atoms with Crippen molar-refractivity contribution in [1.29, 1.82) is 0 Å². The van der Waals surface area contributed by atoms with Crippen molar-refractivity contribution in [2.45, 2.75) is 44.6 Å². The highest BCUT2D eigenvalue weighted by molar-refractivity contribution is 7.90. The number of hydrogen-bond acceptors (Lipinski definition) is 4. The van der Waals surface area contributed by atoms with Gasteiger partial charge in [-0.2, -0.15) is 0 Å². The Hall–Kier alpha value is -2.60. The number of nitrogens with zero attached hydrogens (tertiary/aromatic N) is 1. The van der Waals surface area contributed by atoms with E-state index >= 15 is 0 Å². The maximum Gasteiger partial charge on any atom is 0.239 e. The van der Waals surface area contributed by atoms with Gasteiger partial charge in [0.2, 0.25) is 10.0 Å². The lowest BCUT2D eigenvalue weighted by atomic mass is 9.78. The van der Waals surface area contributed by atoms with Gasteiger partial charge in [-0.15, -0.1) is 0 Å². The summed E-state index contributed by atoms with van der Waals surface area (Å²) in [6.45, 7) is 4.42. The number of nitrogens with one attached hydrogen (secondary N) is 1. The number of anilines is 1. The van der Waals surface area contributed by atoms with Crippen molar-refractivity contribution in [2.24, 2.45) is 23.2 Å². The van der Waals surface area contributed by atoms with Gasteiger partial charge in [-0.05, 0) is 48.8 Å². The summed E-state index contributed by atoms with van der Waals surface area (Å²) in [5, 5.41) is 4.60. The smallest absolute Gasteiger partial charge is 0.239 e. The van der Waals surface area contributed by atoms with Gasteiger partial charge < -0.3 is 5.32 Å². The fourth-order valence-electron chi connectivity index (χ4n) is 7.84. The SMILES string of the molecule is CC1(C)c2ccccc2NC1c1cn(S(=O)(=O)CC23CC4CC2CC4C3=O)c2ccccc12. The van der Waals surface area contributed by atoms with E-state index in [-0.39, 0.29) is 34.8 Å². The number of fused-ring (bicyclic) bond motifs is 2. The lowest BCUT2D eigenvalue weighted by Gasteiger charge is -2.28. The molecule has 5 aliphatic rings. The molecule has 0 saturated heterocycles. The van der Waals surface area contributed by atoms with E-state index in [1.807, 2.05) is 36.5 Å². The molecular weight excluding hydrogens is 432 g/mol. The maximum atomic E-state index is 13.9. The number of benzene rings is 2. The van der Waals surface area contributed by atoms with Crippen LogP contribution in [0.5, 0.6) is 0 Å². The third kappa shape index (κ3) is 2.38. The number of rotatable bonds is 4. The van der Waals surface area contributed by atoms with Gasteiger partial charge in [0.25, 0.3) is 0 Å². The zero-order valence-corrected chi connectivity index (χ0v) is 19.7. The topological polar surface area (TPSA) is 68.2 Å². The first-order chi connectivity index (χ1) is 15.7. The second kappa shape index (κ2) is 6.09. The van der Waals surface area contributed by atoms with Crippen LogP contribution in [-0.2, 0) is 20.2 Å². The van der Waals surface area contributed by atoms with Crippen molar-refractivity contribution >= 4 is 32.4 Å². The Morgan fingerprint density at radius 3 is 2.52 bits per heavy atom. The average molecular weight is 461 g/mol. The number of para-hydroxylation sites is 2. The predicted molar refractivity (Wildman–Crippen MR) is 129 cm³/mol. The van der Waals surface area contributed by atoms with Gasteiger partial charge in [0.1, 0.15) is 5.78 Å². The highest BCUT2D eigenvalue weighted by atomic mass is 32.2. The van der Waals surface area contributed by atoms with Gasteiger partial charge in [0.15, 0.2) is 0 Å². The quantitative estimate of drug-likeness (QED) is 0.603. The molecule has 8 rings (SSSR count). The van der Waals surface area contributed by atoms with Gasteiger partial charge in [0.05, 0.1) is 17.3 Å². The van der Waals surface area contributed by atoms with E-state index in [0.29, 0.717) is 11.4 Å². The van der Waals surface area contributed by atoms with Gasteiger partial charge in [0, 0.05) is 39.6 Å². The summed E-state index contributed by atoms with van der Waals surface area (Å²) < 4.78 is 29.3. The van der Waals surface area contributed by atoms with Crippen molar-refractivity contribution in [3.8, 4) is 0 Å². The molecule has 2 aromatic carbocycles. The van der Waals surface area contributed by atoms with E-state index in [4.69, 9.17) is 0 Å². The second-order valence-electron chi connectivity index (χ2n) is 11.3. The molecule has 1 aliphatic heterocycles. The van der Waals surface area contributed by atoms with E-state index < -0.39 is 15.4 Å². The minimum Gasteiger partial charge on any atom is -0.377 e. The Morgan fingerprint density at radius 2 is 1.82 bits per heavy atom. The molecule has 5 nitrogen and oxygen atoms in total. The first-order valence-corrected chi connectivity index (χ1v) is 13.6. The molecule has 4 aliphatic carbocycles. The summed E-state index contributed by atoms with van der Waals surface area (Å²) >= 11 is 0. The number of ketones is 1. The van der Waals surface area contributed by atoms with Crippen LogP contribution in [0.2, 0.25) is 0 Å². The van der Waals surface area contributed by atoms with E-state index in [2.05, 4.69) is 37.4 Å². The molecule has 0 amide bonds. The normalized spacial score (nSPS) is 33.2. The molecule has 6 heteroatoms. The van der Waals surface area contributed by atoms with Gasteiger partial charge >= 0.3 is 0 Å². The highest BCUT2D eigenvalue weighted by Gasteiger charge is 2.70. The van der Waals surface area contributed by atoms with Crippen LogP contribution in [-0.4, -0.2) is 23.9 Å². The molecule has 5 atom stereocenters. The first kappa shape index (κ1) is 19.8. The Morgan fingerprint density at radius 1 is 1.06 bits per heavy atom. The third-order valence-corrected chi connectivity index (χ3v) is 11.1. The molecule has 33 heavy (non-hydrogen) atoms. The lowest BCUT2D eigenvalue weighted by molar-refractivity contribution is -0.126. The minimum absolute atomic E-state index is 0.0498. The molecule has 170 valence electrons. The van der Waals surface area contributed by atoms with Crippen LogP contribution in [0.25, 0.3) is 10.9 Å². The summed E-state index contributed by atoms with van der Waals surface area (Å²) in [6.07, 6.45) is 4.51. The number of aromatic nitrogens is 1. The van der Waals surface area contributed by atoms with Crippen molar-refractivity contribution in [3.63, 3.8) is 0 Å². The van der Waals surface area contributed by atoms with Gasteiger partial charge in [-0.3, -0.25) is 4.79 Å². The maximum absolute atomic E-state index is 13.9. The number of carbonyl (C=O) groups is 1. The van der Waals surface area contributed by atoms with E-state index in [9.17, 15) is 13.2 Å². The molecule has 0 spiro atoms. The molecule has 4 fully saturated rings. The molecule has 0 radical (unpaired) electrons. The Kier molecular flexibility index (Phi) is 3.66.